The SMILES string of the molecule is CC(C)(C)OC(=O)N1CCN(C(=O)OCc2ccccc2)CC1C(O)O. The van der Waals surface area contributed by atoms with Crippen LogP contribution in [0.3, 0.4) is 0 Å². The Morgan fingerprint density at radius 1 is 1.15 bits per heavy atom. The minimum Gasteiger partial charge on any atom is -0.445 e. The molecule has 0 bridgehead atoms. The zero-order chi connectivity index (χ0) is 19.3. The largest absolute Gasteiger partial charge is 0.445 e. The summed E-state index contributed by atoms with van der Waals surface area (Å²) >= 11 is 0. The summed E-state index contributed by atoms with van der Waals surface area (Å²) in [5, 5.41) is 19.3. The van der Waals surface area contributed by atoms with E-state index in [1.54, 1.807) is 20.8 Å². The summed E-state index contributed by atoms with van der Waals surface area (Å²) in [6.45, 7) is 5.60. The average molecular weight is 366 g/mol. The summed E-state index contributed by atoms with van der Waals surface area (Å²) in [5.41, 5.74) is 0.153. The van der Waals surface area contributed by atoms with Crippen molar-refractivity contribution in [2.45, 2.75) is 45.3 Å². The molecule has 1 unspecified atom stereocenters. The molecule has 1 aliphatic rings. The minimum absolute atomic E-state index is 0.0511. The highest BCUT2D eigenvalue weighted by Gasteiger charge is 2.38. The summed E-state index contributed by atoms with van der Waals surface area (Å²) in [4.78, 5) is 27.1. The van der Waals surface area contributed by atoms with Crippen molar-refractivity contribution >= 4 is 12.2 Å². The van der Waals surface area contributed by atoms with Gasteiger partial charge < -0.3 is 24.6 Å². The Morgan fingerprint density at radius 3 is 2.38 bits per heavy atom. The molecule has 0 saturated carbocycles. The molecule has 0 aliphatic carbocycles. The number of amides is 2. The van der Waals surface area contributed by atoms with Gasteiger partial charge in [0.1, 0.15) is 18.2 Å². The number of carbonyl (C=O) groups excluding carboxylic acids is 2. The van der Waals surface area contributed by atoms with Crippen molar-refractivity contribution in [2.24, 2.45) is 0 Å². The maximum absolute atomic E-state index is 12.3. The summed E-state index contributed by atoms with van der Waals surface area (Å²) in [6.07, 6.45) is -3.01. The van der Waals surface area contributed by atoms with E-state index in [4.69, 9.17) is 9.47 Å². The number of rotatable bonds is 3. The second kappa shape index (κ2) is 8.37. The monoisotopic (exact) mass is 366 g/mol. The van der Waals surface area contributed by atoms with Crippen LogP contribution in [0.15, 0.2) is 30.3 Å². The van der Waals surface area contributed by atoms with E-state index < -0.39 is 30.1 Å². The molecule has 2 N–H and O–H groups in total. The van der Waals surface area contributed by atoms with E-state index in [2.05, 4.69) is 0 Å². The molecule has 144 valence electrons. The topological polar surface area (TPSA) is 99.5 Å². The van der Waals surface area contributed by atoms with Gasteiger partial charge in [0.15, 0.2) is 6.29 Å². The molecule has 1 aromatic rings. The number of aliphatic hydroxyl groups is 2. The van der Waals surface area contributed by atoms with Crippen LogP contribution in [-0.4, -0.2) is 69.8 Å². The Labute approximate surface area is 152 Å². The lowest BCUT2D eigenvalue weighted by molar-refractivity contribution is -0.117. The van der Waals surface area contributed by atoms with E-state index in [0.717, 1.165) is 5.56 Å². The van der Waals surface area contributed by atoms with Gasteiger partial charge >= 0.3 is 12.2 Å². The van der Waals surface area contributed by atoms with Gasteiger partial charge in [-0.15, -0.1) is 0 Å². The number of aliphatic hydroxyl groups excluding tert-OH is 1. The lowest BCUT2D eigenvalue weighted by Crippen LogP contribution is -2.61. The lowest BCUT2D eigenvalue weighted by Gasteiger charge is -2.41. The third-order valence-corrected chi connectivity index (χ3v) is 3.85. The van der Waals surface area contributed by atoms with Crippen molar-refractivity contribution in [3.63, 3.8) is 0 Å². The fraction of sp³-hybridized carbons (Fsp3) is 0.556. The Hall–Kier alpha value is -2.32. The maximum Gasteiger partial charge on any atom is 0.410 e. The summed E-state index contributed by atoms with van der Waals surface area (Å²) < 4.78 is 10.5. The van der Waals surface area contributed by atoms with Gasteiger partial charge in [0.05, 0.1) is 0 Å². The Bertz CT molecular complexity index is 614. The van der Waals surface area contributed by atoms with Crippen LogP contribution >= 0.6 is 0 Å². The second-order valence-electron chi connectivity index (χ2n) is 7.14. The normalized spacial score (nSPS) is 18.0. The van der Waals surface area contributed by atoms with Gasteiger partial charge in [-0.3, -0.25) is 4.90 Å². The molecule has 2 amide bonds. The number of carbonyl (C=O) groups is 2. The maximum atomic E-state index is 12.3. The highest BCUT2D eigenvalue weighted by molar-refractivity contribution is 5.71. The van der Waals surface area contributed by atoms with Crippen LogP contribution in [0, 0.1) is 0 Å². The van der Waals surface area contributed by atoms with Gasteiger partial charge in [-0.2, -0.15) is 0 Å². The first kappa shape index (κ1) is 20.0. The van der Waals surface area contributed by atoms with E-state index >= 15 is 0 Å². The molecule has 1 atom stereocenters. The molecule has 8 heteroatoms. The number of piperazine rings is 1. The number of benzene rings is 1. The zero-order valence-electron chi connectivity index (χ0n) is 15.3. The molecule has 26 heavy (non-hydrogen) atoms. The van der Waals surface area contributed by atoms with Crippen molar-refractivity contribution in [1.29, 1.82) is 0 Å². The van der Waals surface area contributed by atoms with Crippen LogP contribution in [0.5, 0.6) is 0 Å². The molecule has 0 radical (unpaired) electrons. The molecular weight excluding hydrogens is 340 g/mol. The first-order valence-corrected chi connectivity index (χ1v) is 8.49. The van der Waals surface area contributed by atoms with E-state index in [-0.39, 0.29) is 26.2 Å². The summed E-state index contributed by atoms with van der Waals surface area (Å²) in [7, 11) is 0. The quantitative estimate of drug-likeness (QED) is 0.788. The average Bonchev–Trinajstić information content (AvgIpc) is 2.58. The minimum atomic E-state index is -1.80. The summed E-state index contributed by atoms with van der Waals surface area (Å²) in [6, 6.07) is 8.26. The van der Waals surface area contributed by atoms with Crippen LogP contribution in [0.4, 0.5) is 9.59 Å². The van der Waals surface area contributed by atoms with Gasteiger partial charge in [0.2, 0.25) is 0 Å². The number of hydrogen-bond donors (Lipinski definition) is 2. The number of nitrogens with zero attached hydrogens (tertiary/aromatic N) is 2. The third-order valence-electron chi connectivity index (χ3n) is 3.85. The fourth-order valence-corrected chi connectivity index (χ4v) is 2.59. The first-order chi connectivity index (χ1) is 12.2. The Kier molecular flexibility index (Phi) is 6.44. The number of hydrogen-bond acceptors (Lipinski definition) is 6. The van der Waals surface area contributed by atoms with Crippen LogP contribution in [0.25, 0.3) is 0 Å². The molecule has 0 aromatic heterocycles. The fourth-order valence-electron chi connectivity index (χ4n) is 2.59. The molecule has 1 saturated heterocycles. The van der Waals surface area contributed by atoms with Crippen LogP contribution < -0.4 is 0 Å². The number of ether oxygens (including phenoxy) is 2. The van der Waals surface area contributed by atoms with Crippen LogP contribution in [0.1, 0.15) is 26.3 Å². The standard InChI is InChI=1S/C18H26N2O6/c1-18(2,3)26-17(24)20-10-9-19(11-14(20)15(21)22)16(23)25-12-13-7-5-4-6-8-13/h4-8,14-15,21-22H,9-12H2,1-3H3. The van der Waals surface area contributed by atoms with Crippen molar-refractivity contribution in [2.75, 3.05) is 19.6 Å². The van der Waals surface area contributed by atoms with E-state index in [1.807, 2.05) is 30.3 Å². The molecule has 1 aromatic carbocycles. The van der Waals surface area contributed by atoms with E-state index in [1.165, 1.54) is 9.80 Å². The molecular formula is C18H26N2O6. The van der Waals surface area contributed by atoms with Crippen molar-refractivity contribution in [3.05, 3.63) is 35.9 Å². The lowest BCUT2D eigenvalue weighted by atomic mass is 10.1. The summed E-state index contributed by atoms with van der Waals surface area (Å²) in [5.74, 6) is 0. The first-order valence-electron chi connectivity index (χ1n) is 8.49. The zero-order valence-corrected chi connectivity index (χ0v) is 15.3. The highest BCUT2D eigenvalue weighted by atomic mass is 16.6. The molecule has 1 heterocycles. The van der Waals surface area contributed by atoms with Crippen molar-refractivity contribution < 1.29 is 29.3 Å². The third kappa shape index (κ3) is 5.60. The highest BCUT2D eigenvalue weighted by Crippen LogP contribution is 2.18. The molecule has 1 fully saturated rings. The van der Waals surface area contributed by atoms with Gasteiger partial charge in [0.25, 0.3) is 0 Å². The second-order valence-corrected chi connectivity index (χ2v) is 7.14. The van der Waals surface area contributed by atoms with Crippen molar-refractivity contribution in [1.82, 2.24) is 9.80 Å². The predicted molar refractivity (Wildman–Crippen MR) is 93.2 cm³/mol. The van der Waals surface area contributed by atoms with Crippen LogP contribution in [-0.2, 0) is 16.1 Å². The molecule has 8 nitrogen and oxygen atoms in total. The Balaban J connectivity index is 1.95. The van der Waals surface area contributed by atoms with Crippen LogP contribution in [0.2, 0.25) is 0 Å². The van der Waals surface area contributed by atoms with E-state index in [0.29, 0.717) is 0 Å². The van der Waals surface area contributed by atoms with E-state index in [9.17, 15) is 19.8 Å². The van der Waals surface area contributed by atoms with Gasteiger partial charge in [-0.05, 0) is 26.3 Å². The molecule has 2 rings (SSSR count). The molecule has 1 aliphatic heterocycles. The Morgan fingerprint density at radius 2 is 1.81 bits per heavy atom. The van der Waals surface area contributed by atoms with Crippen molar-refractivity contribution in [3.8, 4) is 0 Å². The van der Waals surface area contributed by atoms with Gasteiger partial charge in [0, 0.05) is 19.6 Å². The smallest absolute Gasteiger partial charge is 0.410 e. The van der Waals surface area contributed by atoms with Gasteiger partial charge in [-0.1, -0.05) is 30.3 Å². The van der Waals surface area contributed by atoms with Gasteiger partial charge in [-0.25, -0.2) is 9.59 Å². The molecule has 0 spiro atoms. The predicted octanol–water partition coefficient (Wildman–Crippen LogP) is 1.56.